The number of amides is 1. The average molecular weight is 327 g/mol. The number of nitrogens with one attached hydrogen (secondary N) is 1. The molecule has 2 rings (SSSR count). The van der Waals surface area contributed by atoms with E-state index in [1.807, 2.05) is 24.3 Å². The van der Waals surface area contributed by atoms with Gasteiger partial charge < -0.3 is 15.2 Å². The van der Waals surface area contributed by atoms with Gasteiger partial charge in [0.1, 0.15) is 5.75 Å². The van der Waals surface area contributed by atoms with Crippen LogP contribution >= 0.6 is 0 Å². The van der Waals surface area contributed by atoms with Crippen molar-refractivity contribution < 1.29 is 19.4 Å². The predicted molar refractivity (Wildman–Crippen MR) is 92.4 cm³/mol. The van der Waals surface area contributed by atoms with Crippen LogP contribution in [0.1, 0.15) is 30.9 Å². The minimum Gasteiger partial charge on any atom is -0.484 e. The van der Waals surface area contributed by atoms with Crippen LogP contribution in [0.15, 0.2) is 48.5 Å². The summed E-state index contributed by atoms with van der Waals surface area (Å²) < 4.78 is 5.46. The third kappa shape index (κ3) is 5.43. The van der Waals surface area contributed by atoms with Gasteiger partial charge in [0.05, 0.1) is 6.42 Å². The number of rotatable bonds is 7. The number of hydrogen-bond acceptors (Lipinski definition) is 3. The Hall–Kier alpha value is -2.82. The zero-order chi connectivity index (χ0) is 17.5. The fourth-order valence-electron chi connectivity index (χ4n) is 2.18. The maximum Gasteiger partial charge on any atom is 0.307 e. The van der Waals surface area contributed by atoms with Crippen molar-refractivity contribution in [2.75, 3.05) is 11.9 Å². The van der Waals surface area contributed by atoms with Gasteiger partial charge in [0, 0.05) is 5.69 Å². The number of ether oxygens (including phenoxy) is 1. The second-order valence-electron chi connectivity index (χ2n) is 5.83. The first-order chi connectivity index (χ1) is 11.4. The van der Waals surface area contributed by atoms with Crippen LogP contribution in [-0.2, 0) is 16.0 Å². The van der Waals surface area contributed by atoms with E-state index < -0.39 is 5.97 Å². The van der Waals surface area contributed by atoms with E-state index in [1.54, 1.807) is 24.3 Å². The highest BCUT2D eigenvalue weighted by atomic mass is 16.5. The summed E-state index contributed by atoms with van der Waals surface area (Å²) in [6.45, 7) is 4.15. The smallest absolute Gasteiger partial charge is 0.307 e. The molecule has 0 spiro atoms. The highest BCUT2D eigenvalue weighted by Gasteiger charge is 2.06. The summed E-state index contributed by atoms with van der Waals surface area (Å²) in [5, 5.41) is 11.4. The van der Waals surface area contributed by atoms with Crippen molar-refractivity contribution in [3.63, 3.8) is 0 Å². The minimum atomic E-state index is -0.885. The van der Waals surface area contributed by atoms with Gasteiger partial charge in [0.2, 0.25) is 0 Å². The Bertz CT molecular complexity index is 690. The van der Waals surface area contributed by atoms with Gasteiger partial charge in [-0.05, 0) is 41.3 Å². The molecule has 0 saturated carbocycles. The standard InChI is InChI=1S/C19H21NO4/c1-13(2)15-5-9-17(10-6-15)24-12-18(21)20-16-7-3-14(4-8-16)11-19(22)23/h3-10,13H,11-12H2,1-2H3,(H,20,21)(H,22,23). The monoisotopic (exact) mass is 327 g/mol. The third-order valence-corrected chi connectivity index (χ3v) is 3.51. The molecule has 5 nitrogen and oxygen atoms in total. The molecule has 0 aliphatic carbocycles. The lowest BCUT2D eigenvalue weighted by Crippen LogP contribution is -2.20. The summed E-state index contributed by atoms with van der Waals surface area (Å²) in [7, 11) is 0. The fraction of sp³-hybridized carbons (Fsp3) is 0.263. The van der Waals surface area contributed by atoms with Gasteiger partial charge in [-0.15, -0.1) is 0 Å². The maximum absolute atomic E-state index is 11.9. The van der Waals surface area contributed by atoms with Crippen LogP contribution in [0.25, 0.3) is 0 Å². The Morgan fingerprint density at radius 2 is 1.67 bits per heavy atom. The molecule has 0 aliphatic heterocycles. The largest absolute Gasteiger partial charge is 0.484 e. The maximum atomic E-state index is 11.9. The van der Waals surface area contributed by atoms with Crippen molar-refractivity contribution in [2.45, 2.75) is 26.2 Å². The van der Waals surface area contributed by atoms with Crippen LogP contribution in [0, 0.1) is 0 Å². The molecule has 0 heterocycles. The van der Waals surface area contributed by atoms with Crippen LogP contribution in [0.3, 0.4) is 0 Å². The number of hydrogen-bond donors (Lipinski definition) is 2. The molecular formula is C19H21NO4. The SMILES string of the molecule is CC(C)c1ccc(OCC(=O)Nc2ccc(CC(=O)O)cc2)cc1. The van der Waals surface area contributed by atoms with E-state index in [0.29, 0.717) is 22.9 Å². The van der Waals surface area contributed by atoms with Crippen LogP contribution < -0.4 is 10.1 Å². The Balaban J connectivity index is 1.83. The number of carboxylic acids is 1. The Morgan fingerprint density at radius 3 is 2.21 bits per heavy atom. The molecule has 2 aromatic carbocycles. The van der Waals surface area contributed by atoms with E-state index in [0.717, 1.165) is 0 Å². The van der Waals surface area contributed by atoms with E-state index in [4.69, 9.17) is 9.84 Å². The minimum absolute atomic E-state index is 0.0380. The van der Waals surface area contributed by atoms with Crippen molar-refractivity contribution in [1.82, 2.24) is 0 Å². The van der Waals surface area contributed by atoms with Crippen molar-refractivity contribution in [2.24, 2.45) is 0 Å². The Kier molecular flexibility index (Phi) is 5.95. The first-order valence-corrected chi connectivity index (χ1v) is 7.77. The number of carbonyl (C=O) groups excluding carboxylic acids is 1. The lowest BCUT2D eigenvalue weighted by atomic mass is 10.0. The molecule has 0 bridgehead atoms. The summed E-state index contributed by atoms with van der Waals surface area (Å²) in [6.07, 6.45) is -0.0380. The first-order valence-electron chi connectivity index (χ1n) is 7.77. The van der Waals surface area contributed by atoms with Crippen LogP contribution in [0.4, 0.5) is 5.69 Å². The number of carboxylic acid groups (broad SMARTS) is 1. The zero-order valence-electron chi connectivity index (χ0n) is 13.8. The fourth-order valence-corrected chi connectivity index (χ4v) is 2.18. The van der Waals surface area contributed by atoms with Gasteiger partial charge in [-0.3, -0.25) is 9.59 Å². The van der Waals surface area contributed by atoms with Crippen LogP contribution in [0.5, 0.6) is 5.75 Å². The van der Waals surface area contributed by atoms with E-state index in [-0.39, 0.29) is 18.9 Å². The van der Waals surface area contributed by atoms with Crippen LogP contribution in [-0.4, -0.2) is 23.6 Å². The zero-order valence-corrected chi connectivity index (χ0v) is 13.8. The molecule has 0 aliphatic rings. The van der Waals surface area contributed by atoms with E-state index in [2.05, 4.69) is 19.2 Å². The van der Waals surface area contributed by atoms with Crippen molar-refractivity contribution in [3.8, 4) is 5.75 Å². The number of carbonyl (C=O) groups is 2. The normalized spacial score (nSPS) is 10.5. The highest BCUT2D eigenvalue weighted by molar-refractivity contribution is 5.91. The first kappa shape index (κ1) is 17.5. The summed E-state index contributed by atoms with van der Waals surface area (Å²) in [4.78, 5) is 22.5. The average Bonchev–Trinajstić information content (AvgIpc) is 2.54. The summed E-state index contributed by atoms with van der Waals surface area (Å²) in [6, 6.07) is 14.4. The van der Waals surface area contributed by atoms with Gasteiger partial charge in [0.25, 0.3) is 5.91 Å². The number of benzene rings is 2. The lowest BCUT2D eigenvalue weighted by molar-refractivity contribution is -0.136. The summed E-state index contributed by atoms with van der Waals surface area (Å²) >= 11 is 0. The van der Waals surface area contributed by atoms with E-state index in [1.165, 1.54) is 5.56 Å². The lowest BCUT2D eigenvalue weighted by Gasteiger charge is -2.09. The number of anilines is 1. The molecule has 1 amide bonds. The van der Waals surface area contributed by atoms with E-state index in [9.17, 15) is 9.59 Å². The van der Waals surface area contributed by atoms with Crippen molar-refractivity contribution >= 4 is 17.6 Å². The van der Waals surface area contributed by atoms with Gasteiger partial charge >= 0.3 is 5.97 Å². The van der Waals surface area contributed by atoms with Crippen molar-refractivity contribution in [1.29, 1.82) is 0 Å². The highest BCUT2D eigenvalue weighted by Crippen LogP contribution is 2.18. The van der Waals surface area contributed by atoms with Gasteiger partial charge in [-0.2, -0.15) is 0 Å². The molecule has 2 N–H and O–H groups in total. The third-order valence-electron chi connectivity index (χ3n) is 3.51. The van der Waals surface area contributed by atoms with Gasteiger partial charge in [-0.1, -0.05) is 38.1 Å². The van der Waals surface area contributed by atoms with E-state index >= 15 is 0 Å². The molecule has 0 aromatic heterocycles. The molecule has 5 heteroatoms. The molecule has 126 valence electrons. The molecule has 0 saturated heterocycles. The molecule has 0 atom stereocenters. The second-order valence-corrected chi connectivity index (χ2v) is 5.83. The number of aliphatic carboxylic acids is 1. The quantitative estimate of drug-likeness (QED) is 0.816. The predicted octanol–water partition coefficient (Wildman–Crippen LogP) is 3.45. The Labute approximate surface area is 141 Å². The molecule has 0 radical (unpaired) electrons. The van der Waals surface area contributed by atoms with Crippen LogP contribution in [0.2, 0.25) is 0 Å². The van der Waals surface area contributed by atoms with Crippen molar-refractivity contribution in [3.05, 3.63) is 59.7 Å². The molecular weight excluding hydrogens is 306 g/mol. The molecule has 0 unspecified atom stereocenters. The summed E-state index contributed by atoms with van der Waals surface area (Å²) in [5.74, 6) is -0.0598. The topological polar surface area (TPSA) is 75.6 Å². The van der Waals surface area contributed by atoms with Gasteiger partial charge in [-0.25, -0.2) is 0 Å². The van der Waals surface area contributed by atoms with Gasteiger partial charge in [0.15, 0.2) is 6.61 Å². The summed E-state index contributed by atoms with van der Waals surface area (Å²) in [5.41, 5.74) is 2.50. The Morgan fingerprint density at radius 1 is 1.04 bits per heavy atom. The molecule has 0 fully saturated rings. The molecule has 2 aromatic rings. The molecule has 24 heavy (non-hydrogen) atoms. The second kappa shape index (κ2) is 8.15.